The van der Waals surface area contributed by atoms with Gasteiger partial charge in [-0.1, -0.05) is 55.1 Å². The van der Waals surface area contributed by atoms with Gasteiger partial charge in [0.05, 0.1) is 5.41 Å². The van der Waals surface area contributed by atoms with Crippen LogP contribution in [0, 0.1) is 18.3 Å². The molecule has 2 fully saturated rings. The molecule has 1 amide bonds. The van der Waals surface area contributed by atoms with Crippen LogP contribution in [0.5, 0.6) is 0 Å². The number of benzene rings is 1. The van der Waals surface area contributed by atoms with E-state index in [2.05, 4.69) is 5.16 Å². The molecule has 0 bridgehead atoms. The van der Waals surface area contributed by atoms with Crippen molar-refractivity contribution in [3.63, 3.8) is 0 Å². The Morgan fingerprint density at radius 3 is 2.74 bits per heavy atom. The number of carboxylic acid groups (broad SMARTS) is 1. The van der Waals surface area contributed by atoms with Gasteiger partial charge in [-0.3, -0.25) is 9.59 Å². The molecule has 6 heteroatoms. The molecule has 1 saturated heterocycles. The fourth-order valence-corrected chi connectivity index (χ4v) is 5.24. The fourth-order valence-electron chi connectivity index (χ4n) is 5.24. The summed E-state index contributed by atoms with van der Waals surface area (Å²) in [7, 11) is 0. The summed E-state index contributed by atoms with van der Waals surface area (Å²) in [5.74, 6) is 0.443. The lowest BCUT2D eigenvalue weighted by Crippen LogP contribution is -2.51. The van der Waals surface area contributed by atoms with Crippen molar-refractivity contribution in [2.24, 2.45) is 11.3 Å². The van der Waals surface area contributed by atoms with Gasteiger partial charge in [-0.25, -0.2) is 0 Å². The average molecular weight is 425 g/mol. The summed E-state index contributed by atoms with van der Waals surface area (Å²) in [6, 6.07) is 9.76. The van der Waals surface area contributed by atoms with Crippen molar-refractivity contribution in [1.29, 1.82) is 0 Å². The molecule has 2 heterocycles. The van der Waals surface area contributed by atoms with Crippen molar-refractivity contribution in [3.05, 3.63) is 41.7 Å². The van der Waals surface area contributed by atoms with Crippen molar-refractivity contribution >= 4 is 11.9 Å². The first kappa shape index (κ1) is 21.6. The second-order valence-corrected chi connectivity index (χ2v) is 9.36. The molecule has 2 aromatic rings. The van der Waals surface area contributed by atoms with Crippen LogP contribution in [0.1, 0.15) is 62.7 Å². The monoisotopic (exact) mass is 424 g/mol. The van der Waals surface area contributed by atoms with E-state index >= 15 is 0 Å². The maximum absolute atomic E-state index is 12.8. The summed E-state index contributed by atoms with van der Waals surface area (Å²) in [5.41, 5.74) is 1.76. The number of hydrogen-bond donors (Lipinski definition) is 1. The zero-order valence-electron chi connectivity index (χ0n) is 18.3. The summed E-state index contributed by atoms with van der Waals surface area (Å²) in [6.45, 7) is 2.90. The number of carbonyl (C=O) groups is 2. The fraction of sp³-hybridized carbons (Fsp3) is 0.560. The quantitative estimate of drug-likeness (QED) is 0.686. The Morgan fingerprint density at radius 1 is 1.23 bits per heavy atom. The molecule has 0 spiro atoms. The number of nitrogens with zero attached hydrogens (tertiary/aromatic N) is 2. The molecule has 1 aliphatic heterocycles. The summed E-state index contributed by atoms with van der Waals surface area (Å²) >= 11 is 0. The van der Waals surface area contributed by atoms with Crippen LogP contribution in [0.25, 0.3) is 11.3 Å². The van der Waals surface area contributed by atoms with Gasteiger partial charge in [-0.15, -0.1) is 0 Å². The SMILES string of the molecule is Cc1ccccc1-c1cc(C[C@@]2(C(=O)O)CCCN(C(=O)CCC3CCCC3)C2)on1. The van der Waals surface area contributed by atoms with Gasteiger partial charge in [0.15, 0.2) is 0 Å². The highest BCUT2D eigenvalue weighted by Gasteiger charge is 2.44. The minimum atomic E-state index is -1.02. The number of amides is 1. The zero-order chi connectivity index (χ0) is 21.8. The Labute approximate surface area is 183 Å². The molecule has 6 nitrogen and oxygen atoms in total. The molecule has 2 aliphatic rings. The summed E-state index contributed by atoms with van der Waals surface area (Å²) in [5, 5.41) is 14.3. The first-order valence-electron chi connectivity index (χ1n) is 11.5. The zero-order valence-corrected chi connectivity index (χ0v) is 18.3. The lowest BCUT2D eigenvalue weighted by molar-refractivity contribution is -0.155. The number of rotatable bonds is 7. The third kappa shape index (κ3) is 4.83. The van der Waals surface area contributed by atoms with Gasteiger partial charge < -0.3 is 14.5 Å². The molecular formula is C25H32N2O4. The number of aliphatic carboxylic acids is 1. The van der Waals surface area contributed by atoms with E-state index in [0.717, 1.165) is 17.5 Å². The minimum absolute atomic E-state index is 0.0930. The number of carboxylic acids is 1. The second kappa shape index (κ2) is 9.25. The molecule has 1 aromatic heterocycles. The van der Waals surface area contributed by atoms with E-state index in [1.807, 2.05) is 37.3 Å². The van der Waals surface area contributed by atoms with Gasteiger partial charge in [0.1, 0.15) is 11.5 Å². The largest absolute Gasteiger partial charge is 0.481 e. The first-order chi connectivity index (χ1) is 15.0. The molecule has 1 atom stereocenters. The normalized spacial score (nSPS) is 22.0. The third-order valence-corrected chi connectivity index (χ3v) is 7.12. The number of carbonyl (C=O) groups excluding carboxylic acids is 1. The van der Waals surface area contributed by atoms with Crippen LogP contribution in [-0.2, 0) is 16.0 Å². The molecule has 0 radical (unpaired) electrons. The van der Waals surface area contributed by atoms with Crippen molar-refractivity contribution in [3.8, 4) is 11.3 Å². The van der Waals surface area contributed by atoms with Crippen LogP contribution in [0.3, 0.4) is 0 Å². The third-order valence-electron chi connectivity index (χ3n) is 7.12. The van der Waals surface area contributed by atoms with Gasteiger partial charge >= 0.3 is 5.97 Å². The Kier molecular flexibility index (Phi) is 6.44. The maximum Gasteiger partial charge on any atom is 0.311 e. The second-order valence-electron chi connectivity index (χ2n) is 9.36. The Balaban J connectivity index is 1.45. The number of piperidine rings is 1. The lowest BCUT2D eigenvalue weighted by atomic mass is 9.76. The standard InChI is InChI=1S/C25H32N2O4/c1-18-7-2-5-10-21(18)22-15-20(31-26-22)16-25(24(29)30)13-6-14-27(17-25)23(28)12-11-19-8-3-4-9-19/h2,5,7,10,15,19H,3-4,6,8-9,11-14,16-17H2,1H3,(H,29,30)/t25-/m0/s1. The molecule has 0 unspecified atom stereocenters. The summed E-state index contributed by atoms with van der Waals surface area (Å²) in [6.07, 6.45) is 7.92. The van der Waals surface area contributed by atoms with E-state index in [9.17, 15) is 14.7 Å². The number of likely N-dealkylation sites (tertiary alicyclic amines) is 1. The summed E-state index contributed by atoms with van der Waals surface area (Å²) < 4.78 is 5.55. The molecule has 1 aliphatic carbocycles. The first-order valence-corrected chi connectivity index (χ1v) is 11.5. The van der Waals surface area contributed by atoms with E-state index in [0.29, 0.717) is 43.2 Å². The topological polar surface area (TPSA) is 83.6 Å². The molecule has 31 heavy (non-hydrogen) atoms. The van der Waals surface area contributed by atoms with Crippen molar-refractivity contribution in [2.75, 3.05) is 13.1 Å². The highest BCUT2D eigenvalue weighted by molar-refractivity contribution is 5.80. The molecule has 1 N–H and O–H groups in total. The lowest BCUT2D eigenvalue weighted by Gasteiger charge is -2.39. The minimum Gasteiger partial charge on any atom is -0.481 e. The Bertz CT molecular complexity index is 931. The van der Waals surface area contributed by atoms with Crippen LogP contribution < -0.4 is 0 Å². The van der Waals surface area contributed by atoms with Crippen LogP contribution in [-0.4, -0.2) is 40.1 Å². The highest BCUT2D eigenvalue weighted by Crippen LogP contribution is 2.36. The van der Waals surface area contributed by atoms with E-state index < -0.39 is 11.4 Å². The smallest absolute Gasteiger partial charge is 0.311 e. The Hall–Kier alpha value is -2.63. The van der Waals surface area contributed by atoms with Crippen molar-refractivity contribution in [1.82, 2.24) is 10.1 Å². The number of aromatic nitrogens is 1. The molecule has 166 valence electrons. The Morgan fingerprint density at radius 2 is 2.00 bits per heavy atom. The van der Waals surface area contributed by atoms with E-state index in [-0.39, 0.29) is 18.9 Å². The van der Waals surface area contributed by atoms with Gasteiger partial charge in [0.25, 0.3) is 0 Å². The van der Waals surface area contributed by atoms with Crippen molar-refractivity contribution < 1.29 is 19.2 Å². The molecular weight excluding hydrogens is 392 g/mol. The van der Waals surface area contributed by atoms with Crippen LogP contribution in [0.2, 0.25) is 0 Å². The predicted molar refractivity (Wildman–Crippen MR) is 117 cm³/mol. The van der Waals surface area contributed by atoms with E-state index in [1.165, 1.54) is 25.7 Å². The summed E-state index contributed by atoms with van der Waals surface area (Å²) in [4.78, 5) is 27.0. The van der Waals surface area contributed by atoms with E-state index in [1.54, 1.807) is 4.90 Å². The van der Waals surface area contributed by atoms with Gasteiger partial charge in [0, 0.05) is 37.6 Å². The number of hydrogen-bond acceptors (Lipinski definition) is 4. The maximum atomic E-state index is 12.8. The van der Waals surface area contributed by atoms with Gasteiger partial charge in [0.2, 0.25) is 5.91 Å². The predicted octanol–water partition coefficient (Wildman–Crippen LogP) is 4.86. The highest BCUT2D eigenvalue weighted by atomic mass is 16.5. The molecule has 1 aromatic carbocycles. The van der Waals surface area contributed by atoms with Gasteiger partial charge in [-0.2, -0.15) is 0 Å². The van der Waals surface area contributed by atoms with Crippen LogP contribution in [0.4, 0.5) is 0 Å². The van der Waals surface area contributed by atoms with Gasteiger partial charge in [-0.05, 0) is 37.7 Å². The molecule has 1 saturated carbocycles. The molecule has 4 rings (SSSR count). The van der Waals surface area contributed by atoms with Crippen LogP contribution >= 0.6 is 0 Å². The van der Waals surface area contributed by atoms with Crippen LogP contribution in [0.15, 0.2) is 34.9 Å². The van der Waals surface area contributed by atoms with E-state index in [4.69, 9.17) is 4.52 Å². The van der Waals surface area contributed by atoms with Crippen molar-refractivity contribution in [2.45, 2.75) is 64.7 Å². The number of aryl methyl sites for hydroxylation is 1. The average Bonchev–Trinajstić information content (AvgIpc) is 3.44.